The van der Waals surface area contributed by atoms with Crippen LogP contribution in [0.5, 0.6) is 5.75 Å². The van der Waals surface area contributed by atoms with E-state index in [4.69, 9.17) is 0 Å². The van der Waals surface area contributed by atoms with Crippen molar-refractivity contribution in [2.24, 2.45) is 5.92 Å². The fraction of sp³-hybridized carbons (Fsp3) is 0.500. The summed E-state index contributed by atoms with van der Waals surface area (Å²) in [7, 11) is 2.16. The van der Waals surface area contributed by atoms with Gasteiger partial charge in [0, 0.05) is 24.6 Å². The summed E-state index contributed by atoms with van der Waals surface area (Å²) >= 11 is 0. The molecular formula is C12H15NO. The van der Waals surface area contributed by atoms with Gasteiger partial charge in [0.2, 0.25) is 0 Å². The van der Waals surface area contributed by atoms with Crippen LogP contribution in [0.3, 0.4) is 0 Å². The zero-order valence-electron chi connectivity index (χ0n) is 8.40. The molecule has 0 bridgehead atoms. The highest BCUT2D eigenvalue weighted by Gasteiger charge is 2.39. The lowest BCUT2D eigenvalue weighted by Gasteiger charge is -2.11. The van der Waals surface area contributed by atoms with Gasteiger partial charge in [-0.05, 0) is 31.0 Å². The summed E-state index contributed by atoms with van der Waals surface area (Å²) in [4.78, 5) is 2.37. The van der Waals surface area contributed by atoms with Gasteiger partial charge in [0.15, 0.2) is 0 Å². The van der Waals surface area contributed by atoms with Crippen LogP contribution in [-0.4, -0.2) is 30.1 Å². The van der Waals surface area contributed by atoms with E-state index in [0.29, 0.717) is 11.7 Å². The largest absolute Gasteiger partial charge is 0.508 e. The number of hydrogen-bond donors (Lipinski definition) is 1. The van der Waals surface area contributed by atoms with Crippen LogP contribution in [0, 0.1) is 5.92 Å². The molecule has 1 aromatic carbocycles. The van der Waals surface area contributed by atoms with Gasteiger partial charge in [-0.15, -0.1) is 0 Å². The van der Waals surface area contributed by atoms with Crippen molar-refractivity contribution >= 4 is 0 Å². The molecule has 2 heteroatoms. The molecule has 0 amide bonds. The molecule has 74 valence electrons. The lowest BCUT2D eigenvalue weighted by Crippen LogP contribution is -2.15. The first-order chi connectivity index (χ1) is 6.75. The van der Waals surface area contributed by atoms with Crippen LogP contribution in [-0.2, 0) is 6.42 Å². The number of rotatable bonds is 0. The van der Waals surface area contributed by atoms with Gasteiger partial charge in [0.05, 0.1) is 0 Å². The number of likely N-dealkylation sites (N-methyl/N-ethyl adjacent to an activating group) is 1. The maximum atomic E-state index is 9.85. The van der Waals surface area contributed by atoms with Crippen LogP contribution in [0.15, 0.2) is 18.2 Å². The zero-order valence-corrected chi connectivity index (χ0v) is 8.40. The minimum atomic E-state index is 0.505. The number of likely N-dealkylation sites (tertiary alicyclic amines) is 1. The topological polar surface area (TPSA) is 23.5 Å². The number of nitrogens with zero attached hydrogens (tertiary/aromatic N) is 1. The fourth-order valence-electron chi connectivity index (χ4n) is 3.11. The van der Waals surface area contributed by atoms with E-state index < -0.39 is 0 Å². The highest BCUT2D eigenvalue weighted by molar-refractivity contribution is 5.47. The molecule has 14 heavy (non-hydrogen) atoms. The molecule has 3 rings (SSSR count). The molecule has 1 N–H and O–H groups in total. The zero-order chi connectivity index (χ0) is 9.71. The first kappa shape index (κ1) is 8.30. The lowest BCUT2D eigenvalue weighted by atomic mass is 9.96. The van der Waals surface area contributed by atoms with Crippen molar-refractivity contribution in [3.05, 3.63) is 29.3 Å². The average molecular weight is 189 g/mol. The Hall–Kier alpha value is -1.02. The molecule has 2 aliphatic rings. The third-order valence-electron chi connectivity index (χ3n) is 3.65. The van der Waals surface area contributed by atoms with Crippen molar-refractivity contribution in [1.29, 1.82) is 0 Å². The number of phenols is 1. The fourth-order valence-corrected chi connectivity index (χ4v) is 3.11. The van der Waals surface area contributed by atoms with Crippen LogP contribution < -0.4 is 0 Å². The summed E-state index contributed by atoms with van der Waals surface area (Å²) in [5, 5.41) is 9.85. The predicted molar refractivity (Wildman–Crippen MR) is 55.5 cm³/mol. The average Bonchev–Trinajstić information content (AvgIpc) is 2.60. The third kappa shape index (κ3) is 1.01. The lowest BCUT2D eigenvalue weighted by molar-refractivity contribution is 0.392. The second kappa shape index (κ2) is 2.74. The Morgan fingerprint density at radius 1 is 1.36 bits per heavy atom. The molecule has 0 aromatic heterocycles. The van der Waals surface area contributed by atoms with Gasteiger partial charge in [-0.2, -0.15) is 0 Å². The van der Waals surface area contributed by atoms with Crippen molar-refractivity contribution in [2.45, 2.75) is 12.3 Å². The molecule has 2 unspecified atom stereocenters. The van der Waals surface area contributed by atoms with Gasteiger partial charge < -0.3 is 10.0 Å². The van der Waals surface area contributed by atoms with Gasteiger partial charge >= 0.3 is 0 Å². The highest BCUT2D eigenvalue weighted by Crippen LogP contribution is 2.46. The summed E-state index contributed by atoms with van der Waals surface area (Å²) < 4.78 is 0. The summed E-state index contributed by atoms with van der Waals surface area (Å²) in [6.45, 7) is 2.29. The number of fused-ring (bicyclic) bond motifs is 3. The Morgan fingerprint density at radius 2 is 2.21 bits per heavy atom. The summed E-state index contributed by atoms with van der Waals surface area (Å²) in [5.74, 6) is 1.82. The quantitative estimate of drug-likeness (QED) is 0.670. The summed E-state index contributed by atoms with van der Waals surface area (Å²) in [6, 6.07) is 5.94. The molecule has 2 nitrogen and oxygen atoms in total. The van der Waals surface area contributed by atoms with Crippen molar-refractivity contribution in [3.63, 3.8) is 0 Å². The van der Waals surface area contributed by atoms with Gasteiger partial charge in [0.1, 0.15) is 5.75 Å². The van der Waals surface area contributed by atoms with E-state index in [-0.39, 0.29) is 0 Å². The molecule has 0 saturated carbocycles. The Bertz CT molecular complexity index is 375. The molecule has 1 fully saturated rings. The van der Waals surface area contributed by atoms with Crippen LogP contribution in [0.25, 0.3) is 0 Å². The van der Waals surface area contributed by atoms with Gasteiger partial charge in [0.25, 0.3) is 0 Å². The molecule has 2 atom stereocenters. The normalized spacial score (nSPS) is 30.4. The molecule has 1 saturated heterocycles. The maximum absolute atomic E-state index is 9.85. The highest BCUT2D eigenvalue weighted by atomic mass is 16.3. The summed E-state index contributed by atoms with van der Waals surface area (Å²) in [6.07, 6.45) is 1.15. The maximum Gasteiger partial charge on any atom is 0.119 e. The van der Waals surface area contributed by atoms with E-state index in [2.05, 4.69) is 18.0 Å². The van der Waals surface area contributed by atoms with Crippen molar-refractivity contribution in [3.8, 4) is 5.75 Å². The van der Waals surface area contributed by atoms with E-state index in [9.17, 15) is 5.11 Å². The van der Waals surface area contributed by atoms with E-state index in [1.807, 2.05) is 12.1 Å². The van der Waals surface area contributed by atoms with E-state index in [1.165, 1.54) is 17.7 Å². The molecule has 1 aliphatic carbocycles. The number of hydrogen-bond acceptors (Lipinski definition) is 2. The molecule has 1 aliphatic heterocycles. The van der Waals surface area contributed by atoms with Gasteiger partial charge in [-0.1, -0.05) is 12.1 Å². The van der Waals surface area contributed by atoms with Crippen LogP contribution in [0.1, 0.15) is 17.0 Å². The second-order valence-corrected chi connectivity index (χ2v) is 4.64. The van der Waals surface area contributed by atoms with Crippen LogP contribution in [0.2, 0.25) is 0 Å². The predicted octanol–water partition coefficient (Wildman–Crippen LogP) is 1.59. The Labute approximate surface area is 84.2 Å². The number of aromatic hydroxyl groups is 1. The van der Waals surface area contributed by atoms with E-state index in [1.54, 1.807) is 0 Å². The monoisotopic (exact) mass is 189 g/mol. The third-order valence-corrected chi connectivity index (χ3v) is 3.65. The molecule has 0 radical (unpaired) electrons. The molecule has 0 spiro atoms. The van der Waals surface area contributed by atoms with Crippen molar-refractivity contribution in [2.75, 3.05) is 20.1 Å². The molecule has 1 aromatic rings. The second-order valence-electron chi connectivity index (χ2n) is 4.64. The van der Waals surface area contributed by atoms with Gasteiger partial charge in [-0.25, -0.2) is 0 Å². The Kier molecular flexibility index (Phi) is 1.62. The van der Waals surface area contributed by atoms with Crippen molar-refractivity contribution in [1.82, 2.24) is 4.90 Å². The Balaban J connectivity index is 2.07. The molecular weight excluding hydrogens is 174 g/mol. The van der Waals surface area contributed by atoms with E-state index in [0.717, 1.165) is 18.9 Å². The van der Waals surface area contributed by atoms with Crippen LogP contribution in [0.4, 0.5) is 0 Å². The van der Waals surface area contributed by atoms with Crippen LogP contribution >= 0.6 is 0 Å². The smallest absolute Gasteiger partial charge is 0.119 e. The minimum Gasteiger partial charge on any atom is -0.508 e. The molecule has 1 heterocycles. The summed E-state index contributed by atoms with van der Waals surface area (Å²) in [5.41, 5.74) is 2.59. The van der Waals surface area contributed by atoms with E-state index >= 15 is 0 Å². The van der Waals surface area contributed by atoms with Gasteiger partial charge in [-0.3, -0.25) is 0 Å². The first-order valence-corrected chi connectivity index (χ1v) is 5.25. The standard InChI is InChI=1S/C12H15NO/c1-13-6-9-5-8-3-2-4-11(14)12(8)10(9)7-13/h2-4,9-10,14H,5-7H2,1H3. The number of benzene rings is 1. The first-order valence-electron chi connectivity index (χ1n) is 5.25. The SMILES string of the molecule is CN1CC2Cc3cccc(O)c3C2C1. The Morgan fingerprint density at radius 3 is 3.07 bits per heavy atom. The minimum absolute atomic E-state index is 0.505. The number of phenolic OH excluding ortho intramolecular Hbond substituents is 1. The van der Waals surface area contributed by atoms with Crippen molar-refractivity contribution < 1.29 is 5.11 Å².